The average molecular weight is 281 g/mol. The van der Waals surface area contributed by atoms with E-state index in [2.05, 4.69) is 12.2 Å². The molecule has 0 aromatic heterocycles. The van der Waals surface area contributed by atoms with Crippen LogP contribution in [0.4, 0.5) is 0 Å². The molecule has 0 aliphatic carbocycles. The Bertz CT molecular complexity index is 434. The standard InChI is InChI=1S/C15H23NO4/c1-4-5-11(2)16-15(18)10-20-14-8-12(9-17)6-7-13(14)19-3/h6-8,11,17H,4-5,9-10H2,1-3H3,(H,16,18). The summed E-state index contributed by atoms with van der Waals surface area (Å²) in [6.45, 7) is 3.89. The zero-order valence-electron chi connectivity index (χ0n) is 12.3. The lowest BCUT2D eigenvalue weighted by Crippen LogP contribution is -2.35. The fourth-order valence-electron chi connectivity index (χ4n) is 1.90. The highest BCUT2D eigenvalue weighted by Crippen LogP contribution is 2.27. The van der Waals surface area contributed by atoms with Crippen LogP contribution in [0.25, 0.3) is 0 Å². The first-order valence-electron chi connectivity index (χ1n) is 6.80. The topological polar surface area (TPSA) is 67.8 Å². The summed E-state index contributed by atoms with van der Waals surface area (Å²) in [7, 11) is 1.53. The van der Waals surface area contributed by atoms with Crippen molar-refractivity contribution in [2.24, 2.45) is 0 Å². The molecule has 1 aromatic rings. The fraction of sp³-hybridized carbons (Fsp3) is 0.533. The summed E-state index contributed by atoms with van der Waals surface area (Å²) >= 11 is 0. The Morgan fingerprint density at radius 1 is 1.40 bits per heavy atom. The molecule has 0 saturated heterocycles. The van der Waals surface area contributed by atoms with Crippen LogP contribution in [-0.2, 0) is 11.4 Å². The Morgan fingerprint density at radius 2 is 2.15 bits per heavy atom. The highest BCUT2D eigenvalue weighted by atomic mass is 16.5. The molecule has 5 nitrogen and oxygen atoms in total. The highest BCUT2D eigenvalue weighted by molar-refractivity contribution is 5.77. The summed E-state index contributed by atoms with van der Waals surface area (Å²) in [6.07, 6.45) is 1.96. The molecular formula is C15H23NO4. The molecule has 0 aliphatic heterocycles. The third-order valence-corrected chi connectivity index (χ3v) is 2.90. The number of hydrogen-bond donors (Lipinski definition) is 2. The van der Waals surface area contributed by atoms with Crippen molar-refractivity contribution in [3.8, 4) is 11.5 Å². The van der Waals surface area contributed by atoms with Gasteiger partial charge in [-0.05, 0) is 31.0 Å². The number of carbonyl (C=O) groups is 1. The first kappa shape index (κ1) is 16.3. The fourth-order valence-corrected chi connectivity index (χ4v) is 1.90. The zero-order valence-corrected chi connectivity index (χ0v) is 12.3. The van der Waals surface area contributed by atoms with Gasteiger partial charge in [0.05, 0.1) is 13.7 Å². The summed E-state index contributed by atoms with van der Waals surface area (Å²) in [5.74, 6) is 0.830. The molecule has 1 rings (SSSR count). The molecule has 0 bridgehead atoms. The number of aliphatic hydroxyl groups is 1. The van der Waals surface area contributed by atoms with Crippen LogP contribution in [0.15, 0.2) is 18.2 Å². The highest BCUT2D eigenvalue weighted by Gasteiger charge is 2.10. The van der Waals surface area contributed by atoms with Gasteiger partial charge in [0.15, 0.2) is 18.1 Å². The quantitative estimate of drug-likeness (QED) is 0.763. The van der Waals surface area contributed by atoms with E-state index in [9.17, 15) is 4.79 Å². The van der Waals surface area contributed by atoms with Gasteiger partial charge in [-0.1, -0.05) is 19.4 Å². The van der Waals surface area contributed by atoms with Crippen LogP contribution in [-0.4, -0.2) is 30.8 Å². The van der Waals surface area contributed by atoms with E-state index in [0.717, 1.165) is 12.8 Å². The summed E-state index contributed by atoms with van der Waals surface area (Å²) in [4.78, 5) is 11.7. The second-order valence-electron chi connectivity index (χ2n) is 4.69. The molecule has 0 aliphatic rings. The van der Waals surface area contributed by atoms with E-state index in [1.165, 1.54) is 7.11 Å². The van der Waals surface area contributed by atoms with Crippen LogP contribution in [0.1, 0.15) is 32.3 Å². The number of ether oxygens (including phenoxy) is 2. The van der Waals surface area contributed by atoms with Crippen molar-refractivity contribution in [3.05, 3.63) is 23.8 Å². The van der Waals surface area contributed by atoms with E-state index in [-0.39, 0.29) is 25.2 Å². The predicted molar refractivity (Wildman–Crippen MR) is 76.9 cm³/mol. The van der Waals surface area contributed by atoms with Gasteiger partial charge in [0.1, 0.15) is 0 Å². The number of methoxy groups -OCH3 is 1. The molecule has 0 radical (unpaired) electrons. The van der Waals surface area contributed by atoms with E-state index in [1.807, 2.05) is 6.92 Å². The van der Waals surface area contributed by atoms with Gasteiger partial charge in [0, 0.05) is 6.04 Å². The monoisotopic (exact) mass is 281 g/mol. The van der Waals surface area contributed by atoms with Crippen molar-refractivity contribution in [2.45, 2.75) is 39.3 Å². The zero-order chi connectivity index (χ0) is 15.0. The summed E-state index contributed by atoms with van der Waals surface area (Å²) < 4.78 is 10.6. The molecular weight excluding hydrogens is 258 g/mol. The van der Waals surface area contributed by atoms with Gasteiger partial charge in [0.25, 0.3) is 5.91 Å². The van der Waals surface area contributed by atoms with E-state index >= 15 is 0 Å². The molecule has 112 valence electrons. The summed E-state index contributed by atoms with van der Waals surface area (Å²) in [6, 6.07) is 5.26. The second kappa shape index (κ2) is 8.43. The molecule has 1 amide bonds. The Morgan fingerprint density at radius 3 is 2.75 bits per heavy atom. The minimum absolute atomic E-state index is 0.0701. The van der Waals surface area contributed by atoms with E-state index in [0.29, 0.717) is 17.1 Å². The van der Waals surface area contributed by atoms with Crippen LogP contribution in [0, 0.1) is 0 Å². The van der Waals surface area contributed by atoms with E-state index in [4.69, 9.17) is 14.6 Å². The van der Waals surface area contributed by atoms with Crippen LogP contribution in [0.2, 0.25) is 0 Å². The van der Waals surface area contributed by atoms with Crippen molar-refractivity contribution in [3.63, 3.8) is 0 Å². The van der Waals surface area contributed by atoms with Crippen LogP contribution in [0.3, 0.4) is 0 Å². The molecule has 0 heterocycles. The third kappa shape index (κ3) is 5.09. The number of nitrogens with one attached hydrogen (secondary N) is 1. The van der Waals surface area contributed by atoms with Gasteiger partial charge in [-0.15, -0.1) is 0 Å². The van der Waals surface area contributed by atoms with Gasteiger partial charge >= 0.3 is 0 Å². The van der Waals surface area contributed by atoms with Gasteiger partial charge in [-0.3, -0.25) is 4.79 Å². The molecule has 1 unspecified atom stereocenters. The number of rotatable bonds is 8. The minimum atomic E-state index is -0.164. The Labute approximate surface area is 119 Å². The SMILES string of the molecule is CCCC(C)NC(=O)COc1cc(CO)ccc1OC. The first-order chi connectivity index (χ1) is 9.60. The van der Waals surface area contributed by atoms with Crippen molar-refractivity contribution >= 4 is 5.91 Å². The molecule has 0 fully saturated rings. The lowest BCUT2D eigenvalue weighted by molar-refractivity contribution is -0.123. The maximum absolute atomic E-state index is 11.7. The number of carbonyl (C=O) groups excluding carboxylic acids is 1. The van der Waals surface area contributed by atoms with E-state index < -0.39 is 0 Å². The maximum atomic E-state index is 11.7. The largest absolute Gasteiger partial charge is 0.493 e. The number of hydrogen-bond acceptors (Lipinski definition) is 4. The van der Waals surface area contributed by atoms with Crippen molar-refractivity contribution in [1.82, 2.24) is 5.32 Å². The third-order valence-electron chi connectivity index (χ3n) is 2.90. The van der Waals surface area contributed by atoms with Crippen LogP contribution >= 0.6 is 0 Å². The molecule has 20 heavy (non-hydrogen) atoms. The van der Waals surface area contributed by atoms with Crippen molar-refractivity contribution < 1.29 is 19.4 Å². The van der Waals surface area contributed by atoms with Gasteiger partial charge < -0.3 is 19.9 Å². The molecule has 1 atom stereocenters. The Hall–Kier alpha value is -1.75. The van der Waals surface area contributed by atoms with Gasteiger partial charge in [0.2, 0.25) is 0 Å². The summed E-state index contributed by atoms with van der Waals surface area (Å²) in [5.41, 5.74) is 0.709. The number of aliphatic hydroxyl groups excluding tert-OH is 1. The van der Waals surface area contributed by atoms with Crippen LogP contribution in [0.5, 0.6) is 11.5 Å². The van der Waals surface area contributed by atoms with Crippen molar-refractivity contribution in [2.75, 3.05) is 13.7 Å². The Balaban J connectivity index is 2.57. The predicted octanol–water partition coefficient (Wildman–Crippen LogP) is 1.87. The van der Waals surface area contributed by atoms with Gasteiger partial charge in [-0.25, -0.2) is 0 Å². The Kier molecular flexibility index (Phi) is 6.87. The van der Waals surface area contributed by atoms with Crippen LogP contribution < -0.4 is 14.8 Å². The lowest BCUT2D eigenvalue weighted by atomic mass is 10.2. The number of amides is 1. The van der Waals surface area contributed by atoms with E-state index in [1.54, 1.807) is 18.2 Å². The van der Waals surface area contributed by atoms with Crippen molar-refractivity contribution in [1.29, 1.82) is 0 Å². The number of benzene rings is 1. The minimum Gasteiger partial charge on any atom is -0.493 e. The normalized spacial score (nSPS) is 11.8. The summed E-state index contributed by atoms with van der Waals surface area (Å²) in [5, 5.41) is 12.0. The molecule has 1 aromatic carbocycles. The maximum Gasteiger partial charge on any atom is 0.258 e. The molecule has 5 heteroatoms. The molecule has 2 N–H and O–H groups in total. The average Bonchev–Trinajstić information content (AvgIpc) is 2.44. The first-order valence-corrected chi connectivity index (χ1v) is 6.80. The van der Waals surface area contributed by atoms with Gasteiger partial charge in [-0.2, -0.15) is 0 Å². The smallest absolute Gasteiger partial charge is 0.258 e. The second-order valence-corrected chi connectivity index (χ2v) is 4.69. The molecule has 0 spiro atoms. The lowest BCUT2D eigenvalue weighted by Gasteiger charge is -2.14. The molecule has 0 saturated carbocycles.